The summed E-state index contributed by atoms with van der Waals surface area (Å²) in [4.78, 5) is 23.3. The van der Waals surface area contributed by atoms with E-state index in [2.05, 4.69) is 52.1 Å². The van der Waals surface area contributed by atoms with Gasteiger partial charge in [-0.1, -0.05) is 60.2 Å². The minimum atomic E-state index is 0.0293. The summed E-state index contributed by atoms with van der Waals surface area (Å²) in [6.07, 6.45) is 2.87. The molecular formula is C29H34N4O3S. The number of amides is 1. The van der Waals surface area contributed by atoms with Gasteiger partial charge in [0.15, 0.2) is 4.96 Å². The number of imidazole rings is 1. The number of thiazole rings is 1. The summed E-state index contributed by atoms with van der Waals surface area (Å²) >= 11 is 1.64. The zero-order chi connectivity index (χ0) is 25.5. The molecule has 0 bridgehead atoms. The molecule has 194 valence electrons. The largest absolute Gasteiger partial charge is 0.379 e. The van der Waals surface area contributed by atoms with E-state index in [0.717, 1.165) is 61.1 Å². The van der Waals surface area contributed by atoms with E-state index in [9.17, 15) is 4.79 Å². The van der Waals surface area contributed by atoms with Crippen molar-refractivity contribution in [3.63, 3.8) is 0 Å². The number of rotatable bonds is 11. The molecule has 2 aromatic heterocycles. The lowest BCUT2D eigenvalue weighted by molar-refractivity contribution is -0.136. The molecule has 7 nitrogen and oxygen atoms in total. The maximum absolute atomic E-state index is 13.2. The van der Waals surface area contributed by atoms with Crippen molar-refractivity contribution < 1.29 is 14.3 Å². The third-order valence-corrected chi connectivity index (χ3v) is 7.64. The smallest absolute Gasteiger partial charge is 0.248 e. The number of nitrogens with zero attached hydrogens (tertiary/aromatic N) is 4. The van der Waals surface area contributed by atoms with Crippen LogP contribution in [0.5, 0.6) is 0 Å². The van der Waals surface area contributed by atoms with Crippen molar-refractivity contribution in [1.82, 2.24) is 19.2 Å². The minimum Gasteiger partial charge on any atom is -0.379 e. The molecule has 0 unspecified atom stereocenters. The number of hydrogen-bond donors (Lipinski definition) is 0. The number of benzene rings is 2. The van der Waals surface area contributed by atoms with Gasteiger partial charge in [-0.2, -0.15) is 0 Å². The third kappa shape index (κ3) is 6.84. The Morgan fingerprint density at radius 1 is 1.08 bits per heavy atom. The first-order valence-corrected chi connectivity index (χ1v) is 13.8. The van der Waals surface area contributed by atoms with Crippen LogP contribution in [0.2, 0.25) is 0 Å². The molecular weight excluding hydrogens is 484 g/mol. The van der Waals surface area contributed by atoms with Crippen LogP contribution in [0, 0.1) is 6.92 Å². The second-order valence-electron chi connectivity index (χ2n) is 9.43. The summed E-state index contributed by atoms with van der Waals surface area (Å²) in [5.41, 5.74) is 5.56. The Kier molecular flexibility index (Phi) is 8.63. The zero-order valence-corrected chi connectivity index (χ0v) is 22.2. The molecule has 4 aromatic rings. The molecule has 0 aliphatic carbocycles. The maximum Gasteiger partial charge on any atom is 0.248 e. The van der Waals surface area contributed by atoms with E-state index in [1.54, 1.807) is 11.3 Å². The van der Waals surface area contributed by atoms with Crippen molar-refractivity contribution in [3.05, 3.63) is 83.0 Å². The van der Waals surface area contributed by atoms with Gasteiger partial charge in [0.2, 0.25) is 5.91 Å². The number of ether oxygens (including phenoxy) is 2. The van der Waals surface area contributed by atoms with Gasteiger partial charge in [0.25, 0.3) is 0 Å². The highest BCUT2D eigenvalue weighted by atomic mass is 32.1. The van der Waals surface area contributed by atoms with Gasteiger partial charge in [-0.05, 0) is 12.5 Å². The standard InChI is InChI=1S/C29H34N4O3S/c1-23-7-9-25(10-8-23)27-19-33-26(22-37-29(33)30-27)11-12-32(14-13-31-15-17-35-18-16-31)28(34)21-36-20-24-5-3-2-4-6-24/h2-10,19,22H,11-18,20-21H2,1H3. The van der Waals surface area contributed by atoms with Gasteiger partial charge in [0.1, 0.15) is 6.61 Å². The number of morpholine rings is 1. The maximum atomic E-state index is 13.2. The van der Waals surface area contributed by atoms with Gasteiger partial charge in [-0.25, -0.2) is 4.98 Å². The van der Waals surface area contributed by atoms with Crippen LogP contribution in [0.15, 0.2) is 66.2 Å². The van der Waals surface area contributed by atoms with Gasteiger partial charge < -0.3 is 14.4 Å². The molecule has 2 aromatic carbocycles. The quantitative estimate of drug-likeness (QED) is 0.297. The van der Waals surface area contributed by atoms with Gasteiger partial charge in [0, 0.05) is 62.0 Å². The summed E-state index contributed by atoms with van der Waals surface area (Å²) < 4.78 is 13.4. The summed E-state index contributed by atoms with van der Waals surface area (Å²) in [5.74, 6) is 0.0293. The Morgan fingerprint density at radius 3 is 2.65 bits per heavy atom. The van der Waals surface area contributed by atoms with Crippen molar-refractivity contribution in [2.75, 3.05) is 52.5 Å². The van der Waals surface area contributed by atoms with Crippen LogP contribution in [-0.2, 0) is 27.3 Å². The van der Waals surface area contributed by atoms with Crippen molar-refractivity contribution in [2.45, 2.75) is 20.0 Å². The lowest BCUT2D eigenvalue weighted by atomic mass is 10.1. The SMILES string of the molecule is Cc1ccc(-c2cn3c(CCN(CCN4CCOCC4)C(=O)COCc4ccccc4)csc3n2)cc1. The first-order valence-electron chi connectivity index (χ1n) is 12.9. The van der Waals surface area contributed by atoms with Crippen LogP contribution < -0.4 is 0 Å². The number of hydrogen-bond acceptors (Lipinski definition) is 6. The molecule has 1 aliphatic heterocycles. The monoisotopic (exact) mass is 518 g/mol. The Morgan fingerprint density at radius 2 is 1.86 bits per heavy atom. The summed E-state index contributed by atoms with van der Waals surface area (Å²) in [6.45, 7) is 8.10. The molecule has 0 spiro atoms. The van der Waals surface area contributed by atoms with E-state index in [1.807, 2.05) is 35.2 Å². The van der Waals surface area contributed by atoms with Crippen LogP contribution in [0.4, 0.5) is 0 Å². The topological polar surface area (TPSA) is 59.3 Å². The Balaban J connectivity index is 1.23. The fourth-order valence-electron chi connectivity index (χ4n) is 4.49. The van der Waals surface area contributed by atoms with Gasteiger partial charge >= 0.3 is 0 Å². The fraction of sp³-hybridized carbons (Fsp3) is 0.379. The average Bonchev–Trinajstić information content (AvgIpc) is 3.52. The fourth-order valence-corrected chi connectivity index (χ4v) is 5.40. The molecule has 0 atom stereocenters. The molecule has 5 rings (SSSR count). The van der Waals surface area contributed by atoms with Crippen LogP contribution in [0.3, 0.4) is 0 Å². The summed E-state index contributed by atoms with van der Waals surface area (Å²) in [5, 5.41) is 2.15. The van der Waals surface area contributed by atoms with Crippen LogP contribution in [0.25, 0.3) is 16.2 Å². The lowest BCUT2D eigenvalue weighted by Gasteiger charge is -2.30. The molecule has 1 aliphatic rings. The molecule has 1 fully saturated rings. The highest BCUT2D eigenvalue weighted by molar-refractivity contribution is 7.15. The molecule has 0 saturated carbocycles. The van der Waals surface area contributed by atoms with Gasteiger partial charge in [0.05, 0.1) is 25.5 Å². The predicted molar refractivity (Wildman–Crippen MR) is 147 cm³/mol. The van der Waals surface area contributed by atoms with E-state index in [-0.39, 0.29) is 12.5 Å². The van der Waals surface area contributed by atoms with E-state index in [1.165, 1.54) is 11.3 Å². The number of aromatic nitrogens is 2. The normalized spacial score (nSPS) is 14.3. The first-order chi connectivity index (χ1) is 18.2. The average molecular weight is 519 g/mol. The zero-order valence-electron chi connectivity index (χ0n) is 21.3. The van der Waals surface area contributed by atoms with Gasteiger partial charge in [-0.3, -0.25) is 14.1 Å². The second-order valence-corrected chi connectivity index (χ2v) is 10.3. The number of fused-ring (bicyclic) bond motifs is 1. The van der Waals surface area contributed by atoms with Gasteiger partial charge in [-0.15, -0.1) is 11.3 Å². The van der Waals surface area contributed by atoms with Crippen LogP contribution in [-0.4, -0.2) is 77.6 Å². The molecule has 8 heteroatoms. The number of carbonyl (C=O) groups is 1. The van der Waals surface area contributed by atoms with Crippen molar-refractivity contribution in [1.29, 1.82) is 0 Å². The van der Waals surface area contributed by atoms with Crippen molar-refractivity contribution >= 4 is 22.2 Å². The third-order valence-electron chi connectivity index (χ3n) is 6.75. The van der Waals surface area contributed by atoms with Crippen LogP contribution >= 0.6 is 11.3 Å². The van der Waals surface area contributed by atoms with E-state index in [0.29, 0.717) is 19.7 Å². The highest BCUT2D eigenvalue weighted by Gasteiger charge is 2.18. The van der Waals surface area contributed by atoms with E-state index >= 15 is 0 Å². The molecule has 0 N–H and O–H groups in total. The second kappa shape index (κ2) is 12.5. The molecule has 0 radical (unpaired) electrons. The Hall–Kier alpha value is -3.04. The van der Waals surface area contributed by atoms with Crippen LogP contribution in [0.1, 0.15) is 16.8 Å². The van der Waals surface area contributed by atoms with Crippen molar-refractivity contribution in [3.8, 4) is 11.3 Å². The molecule has 1 saturated heterocycles. The number of carbonyl (C=O) groups excluding carboxylic acids is 1. The molecule has 3 heterocycles. The summed E-state index contributed by atoms with van der Waals surface area (Å²) in [6, 6.07) is 18.4. The first kappa shape index (κ1) is 25.6. The van der Waals surface area contributed by atoms with E-state index in [4.69, 9.17) is 14.5 Å². The Labute approximate surface area is 222 Å². The lowest BCUT2D eigenvalue weighted by Crippen LogP contribution is -2.44. The van der Waals surface area contributed by atoms with E-state index < -0.39 is 0 Å². The number of aryl methyl sites for hydroxylation is 1. The molecule has 37 heavy (non-hydrogen) atoms. The van der Waals surface area contributed by atoms with Crippen molar-refractivity contribution in [2.24, 2.45) is 0 Å². The predicted octanol–water partition coefficient (Wildman–Crippen LogP) is 4.29. The molecule has 1 amide bonds. The Bertz CT molecular complexity index is 1280. The minimum absolute atomic E-state index is 0.0293. The highest BCUT2D eigenvalue weighted by Crippen LogP contribution is 2.24. The summed E-state index contributed by atoms with van der Waals surface area (Å²) in [7, 11) is 0.